The van der Waals surface area contributed by atoms with Gasteiger partial charge in [-0.2, -0.15) is 0 Å². The highest BCUT2D eigenvalue weighted by atomic mass is 16.4. The molecule has 0 unspecified atom stereocenters. The molecule has 100 valence electrons. The van der Waals surface area contributed by atoms with Gasteiger partial charge in [-0.1, -0.05) is 12.5 Å². The quantitative estimate of drug-likeness (QED) is 0.819. The van der Waals surface area contributed by atoms with Crippen molar-refractivity contribution >= 4 is 17.6 Å². The van der Waals surface area contributed by atoms with Crippen molar-refractivity contribution in [3.63, 3.8) is 0 Å². The number of amides is 1. The maximum Gasteiger partial charge on any atom is 0.319 e. The van der Waals surface area contributed by atoms with Gasteiger partial charge in [-0.15, -0.1) is 0 Å². The molecule has 2 aliphatic rings. The van der Waals surface area contributed by atoms with Crippen molar-refractivity contribution in [1.82, 2.24) is 0 Å². The summed E-state index contributed by atoms with van der Waals surface area (Å²) >= 11 is 0. The lowest BCUT2D eigenvalue weighted by Gasteiger charge is -2.35. The normalized spacial score (nSPS) is 19.4. The monoisotopic (exact) mass is 259 g/mol. The molecule has 4 heteroatoms. The van der Waals surface area contributed by atoms with Gasteiger partial charge in [-0.3, -0.25) is 9.59 Å². The number of hydrogen-bond donors (Lipinski definition) is 2. The van der Waals surface area contributed by atoms with E-state index in [-0.39, 0.29) is 5.91 Å². The number of anilines is 1. The van der Waals surface area contributed by atoms with Crippen LogP contribution < -0.4 is 5.32 Å². The van der Waals surface area contributed by atoms with Crippen LogP contribution in [-0.2, 0) is 22.4 Å². The highest BCUT2D eigenvalue weighted by molar-refractivity contribution is 6.09. The Kier molecular flexibility index (Phi) is 2.81. The van der Waals surface area contributed by atoms with Crippen LogP contribution in [0, 0.1) is 5.41 Å². The van der Waals surface area contributed by atoms with Crippen LogP contribution >= 0.6 is 0 Å². The minimum atomic E-state index is -1.20. The first kappa shape index (κ1) is 12.2. The van der Waals surface area contributed by atoms with Crippen molar-refractivity contribution in [2.45, 2.75) is 38.5 Å². The summed E-state index contributed by atoms with van der Waals surface area (Å²) in [6.45, 7) is 0. The molecule has 0 radical (unpaired) electrons. The lowest BCUT2D eigenvalue weighted by atomic mass is 9.68. The Balaban J connectivity index is 1.78. The number of carbonyl (C=O) groups is 2. The van der Waals surface area contributed by atoms with Crippen LogP contribution in [0.3, 0.4) is 0 Å². The summed E-state index contributed by atoms with van der Waals surface area (Å²) in [7, 11) is 0. The molecule has 19 heavy (non-hydrogen) atoms. The van der Waals surface area contributed by atoms with Crippen molar-refractivity contribution in [2.75, 3.05) is 5.32 Å². The third-order valence-corrected chi connectivity index (χ3v) is 4.41. The highest BCUT2D eigenvalue weighted by Gasteiger charge is 2.51. The molecule has 0 aliphatic heterocycles. The number of carboxylic acid groups (broad SMARTS) is 1. The number of carbonyl (C=O) groups excluding carboxylic acids is 1. The summed E-state index contributed by atoms with van der Waals surface area (Å²) in [5.41, 5.74) is 2.14. The Morgan fingerprint density at radius 1 is 1.11 bits per heavy atom. The molecule has 1 saturated carbocycles. The lowest BCUT2D eigenvalue weighted by molar-refractivity contribution is -0.159. The minimum Gasteiger partial charge on any atom is -0.480 e. The molecule has 2 aliphatic carbocycles. The fourth-order valence-electron chi connectivity index (χ4n) is 2.97. The molecule has 1 fully saturated rings. The van der Waals surface area contributed by atoms with E-state index in [2.05, 4.69) is 5.32 Å². The summed E-state index contributed by atoms with van der Waals surface area (Å²) in [6.07, 6.45) is 5.00. The van der Waals surface area contributed by atoms with E-state index in [1.165, 1.54) is 11.1 Å². The number of benzene rings is 1. The molecule has 0 saturated heterocycles. The summed E-state index contributed by atoms with van der Waals surface area (Å²) < 4.78 is 0. The zero-order valence-electron chi connectivity index (χ0n) is 10.7. The first-order valence-corrected chi connectivity index (χ1v) is 6.78. The Hall–Kier alpha value is -1.84. The summed E-state index contributed by atoms with van der Waals surface area (Å²) in [6, 6.07) is 5.89. The number of fused-ring (bicyclic) bond motifs is 1. The van der Waals surface area contributed by atoms with Gasteiger partial charge in [-0.05, 0) is 55.4 Å². The Morgan fingerprint density at radius 2 is 1.84 bits per heavy atom. The number of hydrogen-bond acceptors (Lipinski definition) is 2. The minimum absolute atomic E-state index is 0.371. The molecular weight excluding hydrogens is 242 g/mol. The van der Waals surface area contributed by atoms with E-state index in [1.54, 1.807) is 0 Å². The first-order chi connectivity index (χ1) is 9.12. The van der Waals surface area contributed by atoms with Crippen LogP contribution in [-0.4, -0.2) is 17.0 Å². The number of carboxylic acids is 1. The average molecular weight is 259 g/mol. The van der Waals surface area contributed by atoms with Crippen LogP contribution in [0.1, 0.15) is 36.8 Å². The van der Waals surface area contributed by atoms with E-state index in [0.29, 0.717) is 12.8 Å². The van der Waals surface area contributed by atoms with Gasteiger partial charge in [0.1, 0.15) is 5.41 Å². The molecule has 0 bridgehead atoms. The number of rotatable bonds is 3. The van der Waals surface area contributed by atoms with E-state index in [4.69, 9.17) is 0 Å². The number of nitrogens with one attached hydrogen (secondary N) is 1. The van der Waals surface area contributed by atoms with Crippen LogP contribution in [0.25, 0.3) is 0 Å². The maximum atomic E-state index is 12.2. The van der Waals surface area contributed by atoms with E-state index in [0.717, 1.165) is 31.4 Å². The number of aryl methyl sites for hydroxylation is 2. The molecule has 0 atom stereocenters. The maximum absolute atomic E-state index is 12.2. The fraction of sp³-hybridized carbons (Fsp3) is 0.467. The van der Waals surface area contributed by atoms with Gasteiger partial charge in [0, 0.05) is 5.69 Å². The van der Waals surface area contributed by atoms with Crippen LogP contribution in [0.15, 0.2) is 18.2 Å². The van der Waals surface area contributed by atoms with Crippen molar-refractivity contribution in [2.24, 2.45) is 5.41 Å². The molecule has 1 aromatic carbocycles. The van der Waals surface area contributed by atoms with E-state index < -0.39 is 11.4 Å². The van der Waals surface area contributed by atoms with Crippen molar-refractivity contribution in [3.8, 4) is 0 Å². The van der Waals surface area contributed by atoms with Gasteiger partial charge in [0.2, 0.25) is 5.91 Å². The summed E-state index contributed by atoms with van der Waals surface area (Å²) in [4.78, 5) is 23.4. The average Bonchev–Trinajstić information content (AvgIpc) is 2.73. The molecule has 0 spiro atoms. The Labute approximate surface area is 111 Å². The van der Waals surface area contributed by atoms with Crippen molar-refractivity contribution < 1.29 is 14.7 Å². The van der Waals surface area contributed by atoms with Gasteiger partial charge >= 0.3 is 5.97 Å². The Morgan fingerprint density at radius 3 is 2.47 bits per heavy atom. The summed E-state index contributed by atoms with van der Waals surface area (Å²) in [5.74, 6) is -1.37. The lowest BCUT2D eigenvalue weighted by Crippen LogP contribution is -2.48. The fourth-order valence-corrected chi connectivity index (χ4v) is 2.97. The first-order valence-electron chi connectivity index (χ1n) is 6.78. The molecule has 0 heterocycles. The van der Waals surface area contributed by atoms with Gasteiger partial charge in [-0.25, -0.2) is 0 Å². The topological polar surface area (TPSA) is 66.4 Å². The second-order valence-electron chi connectivity index (χ2n) is 5.53. The van der Waals surface area contributed by atoms with Crippen molar-refractivity contribution in [1.29, 1.82) is 0 Å². The summed E-state index contributed by atoms with van der Waals surface area (Å²) in [5, 5.41) is 12.0. The van der Waals surface area contributed by atoms with Crippen LogP contribution in [0.2, 0.25) is 0 Å². The molecule has 0 aromatic heterocycles. The third kappa shape index (κ3) is 1.91. The van der Waals surface area contributed by atoms with Crippen LogP contribution in [0.5, 0.6) is 0 Å². The SMILES string of the molecule is O=C(O)C1(C(=O)Nc2ccc3c(c2)CCC3)CCC1. The molecule has 1 amide bonds. The van der Waals surface area contributed by atoms with Crippen LogP contribution in [0.4, 0.5) is 5.69 Å². The zero-order valence-corrected chi connectivity index (χ0v) is 10.7. The zero-order chi connectivity index (χ0) is 13.5. The smallest absolute Gasteiger partial charge is 0.319 e. The molecule has 3 rings (SSSR count). The largest absolute Gasteiger partial charge is 0.480 e. The molecular formula is C15H17NO3. The van der Waals surface area contributed by atoms with Gasteiger partial charge in [0.25, 0.3) is 0 Å². The second-order valence-corrected chi connectivity index (χ2v) is 5.53. The van der Waals surface area contributed by atoms with E-state index in [1.807, 2.05) is 18.2 Å². The highest BCUT2D eigenvalue weighted by Crippen LogP contribution is 2.42. The molecule has 2 N–H and O–H groups in total. The third-order valence-electron chi connectivity index (χ3n) is 4.41. The second kappa shape index (κ2) is 4.37. The van der Waals surface area contributed by atoms with Gasteiger partial charge < -0.3 is 10.4 Å². The molecule has 4 nitrogen and oxygen atoms in total. The predicted octanol–water partition coefficient (Wildman–Crippen LogP) is 2.37. The van der Waals surface area contributed by atoms with Gasteiger partial charge in [0.15, 0.2) is 0 Å². The molecule has 1 aromatic rings. The standard InChI is InChI=1S/C15H17NO3/c17-13(15(14(18)19)7-2-8-15)16-12-6-5-10-3-1-4-11(10)9-12/h5-6,9H,1-4,7-8H2,(H,16,17)(H,18,19). The Bertz CT molecular complexity index is 546. The van der Waals surface area contributed by atoms with Gasteiger partial charge in [0.05, 0.1) is 0 Å². The van der Waals surface area contributed by atoms with E-state index in [9.17, 15) is 14.7 Å². The predicted molar refractivity (Wildman–Crippen MR) is 71.0 cm³/mol. The number of aliphatic carboxylic acids is 1. The van der Waals surface area contributed by atoms with E-state index >= 15 is 0 Å². The van der Waals surface area contributed by atoms with Crippen molar-refractivity contribution in [3.05, 3.63) is 29.3 Å².